The van der Waals surface area contributed by atoms with Crippen molar-refractivity contribution in [2.45, 2.75) is 18.9 Å². The van der Waals surface area contributed by atoms with E-state index in [-0.39, 0.29) is 17.4 Å². The molecular formula is C13H18FN3O2. The fraction of sp³-hybridized carbons (Fsp3) is 0.538. The highest BCUT2D eigenvalue weighted by Crippen LogP contribution is 2.27. The summed E-state index contributed by atoms with van der Waals surface area (Å²) < 4.78 is 14.2. The molecule has 1 aliphatic rings. The van der Waals surface area contributed by atoms with E-state index in [1.807, 2.05) is 23.9 Å². The first-order valence-electron chi connectivity index (χ1n) is 6.30. The van der Waals surface area contributed by atoms with Crippen LogP contribution in [0.2, 0.25) is 0 Å². The van der Waals surface area contributed by atoms with Crippen LogP contribution < -0.4 is 4.90 Å². The highest BCUT2D eigenvalue weighted by Gasteiger charge is 2.29. The van der Waals surface area contributed by atoms with Crippen LogP contribution in [0.4, 0.5) is 10.2 Å². The molecular weight excluding hydrogens is 249 g/mol. The number of hydrogen-bond donors (Lipinski definition) is 1. The lowest BCUT2D eigenvalue weighted by atomic mass is 10.2. The maximum atomic E-state index is 14.2. The van der Waals surface area contributed by atoms with Crippen LogP contribution in [0.3, 0.4) is 0 Å². The van der Waals surface area contributed by atoms with E-state index >= 15 is 0 Å². The minimum absolute atomic E-state index is 0.157. The smallest absolute Gasteiger partial charge is 0.338 e. The van der Waals surface area contributed by atoms with Gasteiger partial charge in [-0.1, -0.05) is 0 Å². The number of aromatic carboxylic acids is 1. The van der Waals surface area contributed by atoms with Crippen LogP contribution in [-0.4, -0.2) is 54.2 Å². The van der Waals surface area contributed by atoms with Crippen molar-refractivity contribution in [2.75, 3.05) is 32.1 Å². The number of likely N-dealkylation sites (N-methyl/N-ethyl adjacent to an activating group) is 1. The number of pyridine rings is 1. The first-order valence-corrected chi connectivity index (χ1v) is 6.30. The number of halogens is 1. The molecule has 1 N–H and O–H groups in total. The van der Waals surface area contributed by atoms with Crippen LogP contribution in [0.25, 0.3) is 0 Å². The average Bonchev–Trinajstić information content (AvgIpc) is 2.76. The molecule has 104 valence electrons. The summed E-state index contributed by atoms with van der Waals surface area (Å²) in [5.41, 5.74) is -0.319. The Kier molecular flexibility index (Phi) is 3.99. The minimum atomic E-state index is -1.26. The summed E-state index contributed by atoms with van der Waals surface area (Å²) in [5, 5.41) is 8.95. The monoisotopic (exact) mass is 267 g/mol. The number of nitrogens with zero attached hydrogens (tertiary/aromatic N) is 3. The molecule has 1 atom stereocenters. The highest BCUT2D eigenvalue weighted by molar-refractivity contribution is 5.88. The van der Waals surface area contributed by atoms with Gasteiger partial charge in [-0.05, 0) is 33.0 Å². The van der Waals surface area contributed by atoms with Gasteiger partial charge in [0.2, 0.25) is 0 Å². The van der Waals surface area contributed by atoms with Crippen molar-refractivity contribution in [3.8, 4) is 0 Å². The lowest BCUT2D eigenvalue weighted by molar-refractivity contribution is 0.0691. The van der Waals surface area contributed by atoms with Crippen LogP contribution in [0, 0.1) is 5.82 Å². The second-order valence-corrected chi connectivity index (χ2v) is 5.05. The molecule has 19 heavy (non-hydrogen) atoms. The van der Waals surface area contributed by atoms with Crippen molar-refractivity contribution < 1.29 is 14.3 Å². The summed E-state index contributed by atoms with van der Waals surface area (Å²) >= 11 is 0. The van der Waals surface area contributed by atoms with Crippen molar-refractivity contribution >= 4 is 11.8 Å². The van der Waals surface area contributed by atoms with Gasteiger partial charge < -0.3 is 14.9 Å². The van der Waals surface area contributed by atoms with Crippen LogP contribution >= 0.6 is 0 Å². The molecule has 0 spiro atoms. The molecule has 5 nitrogen and oxygen atoms in total. The molecule has 0 saturated carbocycles. The summed E-state index contributed by atoms with van der Waals surface area (Å²) in [6.45, 7) is 1.52. The van der Waals surface area contributed by atoms with Crippen molar-refractivity contribution in [2.24, 2.45) is 0 Å². The first kappa shape index (κ1) is 13.7. The van der Waals surface area contributed by atoms with Gasteiger partial charge in [-0.25, -0.2) is 14.2 Å². The van der Waals surface area contributed by atoms with Crippen molar-refractivity contribution in [3.05, 3.63) is 23.6 Å². The molecule has 1 saturated heterocycles. The Morgan fingerprint density at radius 2 is 2.37 bits per heavy atom. The van der Waals surface area contributed by atoms with E-state index in [2.05, 4.69) is 4.98 Å². The lowest BCUT2D eigenvalue weighted by Crippen LogP contribution is -2.38. The van der Waals surface area contributed by atoms with Crippen LogP contribution in [-0.2, 0) is 0 Å². The molecule has 0 aromatic carbocycles. The molecule has 6 heteroatoms. The third kappa shape index (κ3) is 2.84. The highest BCUT2D eigenvalue weighted by atomic mass is 19.1. The van der Waals surface area contributed by atoms with E-state index in [0.29, 0.717) is 6.54 Å². The predicted octanol–water partition coefficient (Wildman–Crippen LogP) is 1.45. The average molecular weight is 267 g/mol. The van der Waals surface area contributed by atoms with Gasteiger partial charge in [0.25, 0.3) is 0 Å². The van der Waals surface area contributed by atoms with Gasteiger partial charge in [0.05, 0.1) is 0 Å². The zero-order chi connectivity index (χ0) is 14.0. The quantitative estimate of drug-likeness (QED) is 0.894. The SMILES string of the molecule is CN(C)CC1CCCN1c1nccc(C(=O)O)c1F. The summed E-state index contributed by atoms with van der Waals surface area (Å²) in [7, 11) is 3.93. The molecule has 1 fully saturated rings. The van der Waals surface area contributed by atoms with Crippen molar-refractivity contribution in [1.29, 1.82) is 0 Å². The zero-order valence-electron chi connectivity index (χ0n) is 11.1. The Bertz CT molecular complexity index is 479. The number of hydrogen-bond acceptors (Lipinski definition) is 4. The van der Waals surface area contributed by atoms with Crippen LogP contribution in [0.15, 0.2) is 12.3 Å². The summed E-state index contributed by atoms with van der Waals surface area (Å²) in [6.07, 6.45) is 3.29. The standard InChI is InChI=1S/C13H18FN3O2/c1-16(2)8-9-4-3-7-17(9)12-11(14)10(13(18)19)5-6-15-12/h5-6,9H,3-4,7-8H2,1-2H3,(H,18,19). The molecule has 1 aliphatic heterocycles. The second-order valence-electron chi connectivity index (χ2n) is 5.05. The fourth-order valence-corrected chi connectivity index (χ4v) is 2.52. The Morgan fingerprint density at radius 1 is 1.63 bits per heavy atom. The third-order valence-electron chi connectivity index (χ3n) is 3.33. The maximum Gasteiger partial charge on any atom is 0.338 e. The van der Waals surface area contributed by atoms with Crippen molar-refractivity contribution in [3.63, 3.8) is 0 Å². The molecule has 1 aromatic rings. The molecule has 0 aliphatic carbocycles. The van der Waals surface area contributed by atoms with E-state index < -0.39 is 11.8 Å². The van der Waals surface area contributed by atoms with Crippen LogP contribution in [0.5, 0.6) is 0 Å². The van der Waals surface area contributed by atoms with Gasteiger partial charge in [-0.15, -0.1) is 0 Å². The second kappa shape index (κ2) is 5.52. The molecule has 2 heterocycles. The lowest BCUT2D eigenvalue weighted by Gasteiger charge is -2.28. The Hall–Kier alpha value is -1.69. The number of carboxylic acid groups (broad SMARTS) is 1. The Labute approximate surface area is 111 Å². The van der Waals surface area contributed by atoms with Gasteiger partial charge in [0, 0.05) is 25.3 Å². The molecule has 0 radical (unpaired) electrons. The van der Waals surface area contributed by atoms with Gasteiger partial charge in [-0.3, -0.25) is 0 Å². The third-order valence-corrected chi connectivity index (χ3v) is 3.33. The largest absolute Gasteiger partial charge is 0.478 e. The Balaban J connectivity index is 2.30. The van der Waals surface area contributed by atoms with Gasteiger partial charge >= 0.3 is 5.97 Å². The van der Waals surface area contributed by atoms with Gasteiger partial charge in [0.15, 0.2) is 11.6 Å². The van der Waals surface area contributed by atoms with E-state index in [9.17, 15) is 9.18 Å². The summed E-state index contributed by atoms with van der Waals surface area (Å²) in [6, 6.07) is 1.37. The first-order chi connectivity index (χ1) is 9.00. The van der Waals surface area contributed by atoms with E-state index in [0.717, 1.165) is 19.4 Å². The molecule has 0 amide bonds. The van der Waals surface area contributed by atoms with Gasteiger partial charge in [-0.2, -0.15) is 0 Å². The maximum absolute atomic E-state index is 14.2. The zero-order valence-corrected chi connectivity index (χ0v) is 11.1. The van der Waals surface area contributed by atoms with Crippen molar-refractivity contribution in [1.82, 2.24) is 9.88 Å². The summed E-state index contributed by atoms with van der Waals surface area (Å²) in [5.74, 6) is -1.84. The predicted molar refractivity (Wildman–Crippen MR) is 70.1 cm³/mol. The number of carbonyl (C=O) groups is 1. The van der Waals surface area contributed by atoms with Crippen LogP contribution in [0.1, 0.15) is 23.2 Å². The van der Waals surface area contributed by atoms with E-state index in [1.165, 1.54) is 12.3 Å². The Morgan fingerprint density at radius 3 is 3.00 bits per heavy atom. The van der Waals surface area contributed by atoms with Gasteiger partial charge in [0.1, 0.15) is 5.56 Å². The number of rotatable bonds is 4. The van der Waals surface area contributed by atoms with E-state index in [1.54, 1.807) is 0 Å². The molecule has 2 rings (SSSR count). The normalized spacial score (nSPS) is 19.2. The molecule has 0 bridgehead atoms. The van der Waals surface area contributed by atoms with E-state index in [4.69, 9.17) is 5.11 Å². The number of anilines is 1. The summed E-state index contributed by atoms with van der Waals surface area (Å²) in [4.78, 5) is 18.9. The molecule has 1 unspecified atom stereocenters. The number of carboxylic acids is 1. The molecule has 1 aromatic heterocycles. The number of aromatic nitrogens is 1. The topological polar surface area (TPSA) is 56.7 Å². The fourth-order valence-electron chi connectivity index (χ4n) is 2.52. The minimum Gasteiger partial charge on any atom is -0.478 e.